The van der Waals surface area contributed by atoms with Gasteiger partial charge < -0.3 is 9.64 Å². The summed E-state index contributed by atoms with van der Waals surface area (Å²) in [5.41, 5.74) is 0.659. The Kier molecular flexibility index (Phi) is 3.47. The largest absolute Gasteiger partial charge is 0.497 e. The molecule has 1 heterocycles. The van der Waals surface area contributed by atoms with Gasteiger partial charge in [-0.05, 0) is 49.9 Å². The number of carbonyl (C=O) groups is 2. The van der Waals surface area contributed by atoms with Crippen LogP contribution in [0.1, 0.15) is 36.0 Å². The van der Waals surface area contributed by atoms with E-state index in [4.69, 9.17) is 4.74 Å². The van der Waals surface area contributed by atoms with Crippen LogP contribution >= 0.6 is 0 Å². The lowest BCUT2D eigenvalue weighted by Crippen LogP contribution is -2.41. The molecule has 0 aromatic heterocycles. The van der Waals surface area contributed by atoms with Crippen LogP contribution in [0.25, 0.3) is 0 Å². The molecule has 2 aliphatic rings. The van der Waals surface area contributed by atoms with Gasteiger partial charge in [0.1, 0.15) is 5.75 Å². The summed E-state index contributed by atoms with van der Waals surface area (Å²) in [6.07, 6.45) is 3.67. The van der Waals surface area contributed by atoms with E-state index in [9.17, 15) is 9.59 Å². The van der Waals surface area contributed by atoms with Gasteiger partial charge in [-0.2, -0.15) is 0 Å². The van der Waals surface area contributed by atoms with Crippen molar-refractivity contribution in [3.05, 3.63) is 29.8 Å². The molecule has 1 saturated carbocycles. The molecular weight excluding hydrogens is 254 g/mol. The van der Waals surface area contributed by atoms with Crippen LogP contribution in [0.5, 0.6) is 5.75 Å². The highest BCUT2D eigenvalue weighted by atomic mass is 16.5. The highest BCUT2D eigenvalue weighted by Gasteiger charge is 2.40. The lowest BCUT2D eigenvalue weighted by atomic mass is 10.0. The second-order valence-electron chi connectivity index (χ2n) is 5.56. The van der Waals surface area contributed by atoms with Crippen LogP contribution in [-0.2, 0) is 4.79 Å². The van der Waals surface area contributed by atoms with Crippen LogP contribution in [0.15, 0.2) is 24.3 Å². The molecule has 1 unspecified atom stereocenters. The molecule has 1 aliphatic heterocycles. The van der Waals surface area contributed by atoms with E-state index in [1.165, 1.54) is 0 Å². The second kappa shape index (κ2) is 5.27. The lowest BCUT2D eigenvalue weighted by molar-refractivity contribution is -0.132. The molecule has 0 spiro atoms. The molecule has 1 aliphatic carbocycles. The predicted molar refractivity (Wildman–Crippen MR) is 74.8 cm³/mol. The van der Waals surface area contributed by atoms with Crippen molar-refractivity contribution in [1.82, 2.24) is 4.90 Å². The fourth-order valence-corrected chi connectivity index (χ4v) is 2.82. The van der Waals surface area contributed by atoms with Gasteiger partial charge in [0.25, 0.3) is 0 Å². The minimum Gasteiger partial charge on any atom is -0.497 e. The molecule has 1 atom stereocenters. The van der Waals surface area contributed by atoms with Crippen LogP contribution in [0, 0.1) is 5.92 Å². The van der Waals surface area contributed by atoms with Crippen LogP contribution in [0.4, 0.5) is 0 Å². The minimum absolute atomic E-state index is 0.0548. The van der Waals surface area contributed by atoms with E-state index in [0.717, 1.165) is 38.0 Å². The molecule has 0 radical (unpaired) electrons. The van der Waals surface area contributed by atoms with E-state index in [-0.39, 0.29) is 23.7 Å². The zero-order chi connectivity index (χ0) is 14.1. The summed E-state index contributed by atoms with van der Waals surface area (Å²) in [6.45, 7) is 0.724. The van der Waals surface area contributed by atoms with Crippen LogP contribution in [0.2, 0.25) is 0 Å². The number of likely N-dealkylation sites (tertiary alicyclic amines) is 1. The van der Waals surface area contributed by atoms with E-state index in [2.05, 4.69) is 0 Å². The van der Waals surface area contributed by atoms with Gasteiger partial charge in [0.15, 0.2) is 5.78 Å². The minimum atomic E-state index is -0.267. The van der Waals surface area contributed by atoms with Gasteiger partial charge in [-0.1, -0.05) is 0 Å². The Labute approximate surface area is 118 Å². The molecule has 2 fully saturated rings. The second-order valence-corrected chi connectivity index (χ2v) is 5.56. The van der Waals surface area contributed by atoms with Gasteiger partial charge in [-0.15, -0.1) is 0 Å². The number of methoxy groups -OCH3 is 1. The average molecular weight is 273 g/mol. The molecule has 4 nitrogen and oxygen atoms in total. The SMILES string of the molecule is COc1ccc(C(=O)C2CCCN2C(=O)C2CC2)cc1. The summed E-state index contributed by atoms with van der Waals surface area (Å²) in [5, 5.41) is 0. The molecule has 3 rings (SSSR count). The van der Waals surface area contributed by atoms with Crippen molar-refractivity contribution in [1.29, 1.82) is 0 Å². The fourth-order valence-electron chi connectivity index (χ4n) is 2.82. The van der Waals surface area contributed by atoms with Gasteiger partial charge in [0, 0.05) is 18.0 Å². The molecule has 1 saturated heterocycles. The quantitative estimate of drug-likeness (QED) is 0.791. The Morgan fingerprint density at radius 3 is 2.45 bits per heavy atom. The van der Waals surface area contributed by atoms with Crippen molar-refractivity contribution >= 4 is 11.7 Å². The molecule has 4 heteroatoms. The molecule has 0 N–H and O–H groups in total. The lowest BCUT2D eigenvalue weighted by Gasteiger charge is -2.23. The zero-order valence-corrected chi connectivity index (χ0v) is 11.7. The van der Waals surface area contributed by atoms with Crippen LogP contribution in [-0.4, -0.2) is 36.3 Å². The Hall–Kier alpha value is -1.84. The third-order valence-corrected chi connectivity index (χ3v) is 4.14. The smallest absolute Gasteiger partial charge is 0.226 e. The summed E-state index contributed by atoms with van der Waals surface area (Å²) < 4.78 is 5.10. The Balaban J connectivity index is 1.75. The zero-order valence-electron chi connectivity index (χ0n) is 11.7. The Bertz CT molecular complexity index is 519. The normalized spacial score (nSPS) is 21.9. The maximum Gasteiger partial charge on any atom is 0.226 e. The van der Waals surface area contributed by atoms with Gasteiger partial charge in [-0.25, -0.2) is 0 Å². The van der Waals surface area contributed by atoms with Gasteiger partial charge >= 0.3 is 0 Å². The average Bonchev–Trinajstić information content (AvgIpc) is 3.23. The molecule has 0 bridgehead atoms. The summed E-state index contributed by atoms with van der Waals surface area (Å²) in [5.74, 6) is 1.15. The van der Waals surface area contributed by atoms with Crippen LogP contribution in [0.3, 0.4) is 0 Å². The highest BCUT2D eigenvalue weighted by Crippen LogP contribution is 2.34. The standard InChI is InChI=1S/C16H19NO3/c1-20-13-8-6-11(7-9-13)15(18)14-3-2-10-17(14)16(19)12-4-5-12/h6-9,12,14H,2-5,10H2,1H3. The Morgan fingerprint density at radius 1 is 1.15 bits per heavy atom. The molecule has 20 heavy (non-hydrogen) atoms. The summed E-state index contributed by atoms with van der Waals surface area (Å²) in [6, 6.07) is 6.86. The van der Waals surface area contributed by atoms with Crippen molar-refractivity contribution in [2.75, 3.05) is 13.7 Å². The van der Waals surface area contributed by atoms with E-state index in [1.54, 1.807) is 36.3 Å². The summed E-state index contributed by atoms with van der Waals surface area (Å²) in [4.78, 5) is 26.6. The number of ketones is 1. The topological polar surface area (TPSA) is 46.6 Å². The molecular formula is C16H19NO3. The molecule has 1 aromatic carbocycles. The summed E-state index contributed by atoms with van der Waals surface area (Å²) >= 11 is 0. The van der Waals surface area contributed by atoms with E-state index in [1.807, 2.05) is 0 Å². The number of rotatable bonds is 4. The maximum atomic E-state index is 12.6. The number of nitrogens with zero attached hydrogens (tertiary/aromatic N) is 1. The van der Waals surface area contributed by atoms with Crippen molar-refractivity contribution in [2.45, 2.75) is 31.7 Å². The maximum absolute atomic E-state index is 12.6. The van der Waals surface area contributed by atoms with Crippen molar-refractivity contribution < 1.29 is 14.3 Å². The van der Waals surface area contributed by atoms with Crippen molar-refractivity contribution in [3.8, 4) is 5.75 Å². The predicted octanol–water partition coefficient (Wildman–Crippen LogP) is 2.28. The number of hydrogen-bond donors (Lipinski definition) is 0. The van der Waals surface area contributed by atoms with Gasteiger partial charge in [0.05, 0.1) is 13.2 Å². The summed E-state index contributed by atoms with van der Waals surface area (Å²) in [7, 11) is 1.60. The van der Waals surface area contributed by atoms with Crippen molar-refractivity contribution in [2.24, 2.45) is 5.92 Å². The number of ether oxygens (including phenoxy) is 1. The first-order chi connectivity index (χ1) is 9.70. The fraction of sp³-hybridized carbons (Fsp3) is 0.500. The monoisotopic (exact) mass is 273 g/mol. The number of carbonyl (C=O) groups excluding carboxylic acids is 2. The number of Topliss-reactive ketones (excluding diaryl/α,β-unsaturated/α-hetero) is 1. The number of benzene rings is 1. The first-order valence-corrected chi connectivity index (χ1v) is 7.19. The molecule has 1 amide bonds. The Morgan fingerprint density at radius 2 is 1.85 bits per heavy atom. The first kappa shape index (κ1) is 13.2. The third kappa shape index (κ3) is 2.42. The van der Waals surface area contributed by atoms with Gasteiger partial charge in [-0.3, -0.25) is 9.59 Å². The third-order valence-electron chi connectivity index (χ3n) is 4.14. The van der Waals surface area contributed by atoms with Crippen molar-refractivity contribution in [3.63, 3.8) is 0 Å². The first-order valence-electron chi connectivity index (χ1n) is 7.19. The van der Waals surface area contributed by atoms with Crippen LogP contribution < -0.4 is 4.74 Å². The molecule has 1 aromatic rings. The van der Waals surface area contributed by atoms with Gasteiger partial charge in [0.2, 0.25) is 5.91 Å². The van der Waals surface area contributed by atoms with E-state index in [0.29, 0.717) is 5.56 Å². The van der Waals surface area contributed by atoms with E-state index < -0.39 is 0 Å². The number of amides is 1. The number of hydrogen-bond acceptors (Lipinski definition) is 3. The van der Waals surface area contributed by atoms with E-state index >= 15 is 0 Å². The molecule has 106 valence electrons. The highest BCUT2D eigenvalue weighted by molar-refractivity contribution is 6.02.